The molecule has 0 aliphatic carbocycles. The molecule has 0 unspecified atom stereocenters. The van der Waals surface area contributed by atoms with E-state index in [9.17, 15) is 0 Å². The van der Waals surface area contributed by atoms with Crippen molar-refractivity contribution >= 4 is 52.0 Å². The van der Waals surface area contributed by atoms with Gasteiger partial charge in [0.1, 0.15) is 0 Å². The van der Waals surface area contributed by atoms with Gasteiger partial charge in [-0.1, -0.05) is 0 Å². The molecule has 2 rings (SSSR count). The first-order valence-electron chi connectivity index (χ1n) is 10.4. The second-order valence-corrected chi connectivity index (χ2v) is 16.6. The third-order valence-electron chi connectivity index (χ3n) is 4.94. The van der Waals surface area contributed by atoms with Crippen LogP contribution in [-0.4, -0.2) is 35.8 Å². The molecule has 146 valence electrons. The van der Waals surface area contributed by atoms with Crippen molar-refractivity contribution in [2.45, 2.75) is 106 Å². The zero-order valence-corrected chi connectivity index (χ0v) is 21.8. The maximum atomic E-state index is 4.64. The fourth-order valence-electron chi connectivity index (χ4n) is 3.51. The van der Waals surface area contributed by atoms with Crippen LogP contribution in [-0.2, 0) is 0 Å². The molecule has 0 saturated heterocycles. The summed E-state index contributed by atoms with van der Waals surface area (Å²) in [5.41, 5.74) is 0. The van der Waals surface area contributed by atoms with Gasteiger partial charge in [-0.2, -0.15) is 0 Å². The van der Waals surface area contributed by atoms with E-state index in [4.69, 9.17) is 0 Å². The SMILES string of the molecule is CCCC[C](CCCC)(CCCC)[Sn][c]1cn2cnc(SC(C)C)c2s1. The zero-order valence-electron chi connectivity index (χ0n) is 17.3. The van der Waals surface area contributed by atoms with Crippen LogP contribution in [0.1, 0.15) is 92.4 Å². The molecule has 0 spiro atoms. The number of thiazole rings is 1. The maximum absolute atomic E-state index is 4.64. The minimum atomic E-state index is -0.621. The molecule has 2 aromatic rings. The van der Waals surface area contributed by atoms with Gasteiger partial charge in [-0.05, 0) is 0 Å². The summed E-state index contributed by atoms with van der Waals surface area (Å²) < 4.78 is 4.70. The average Bonchev–Trinajstić information content (AvgIpc) is 3.17. The number of unbranched alkanes of at least 4 members (excludes halogenated alkanes) is 3. The van der Waals surface area contributed by atoms with Crippen molar-refractivity contribution in [3.8, 4) is 0 Å². The van der Waals surface area contributed by atoms with Gasteiger partial charge >= 0.3 is 180 Å². The minimum absolute atomic E-state index is 0.594. The fraction of sp³-hybridized carbons (Fsp3) is 0.762. The summed E-state index contributed by atoms with van der Waals surface area (Å²) in [6, 6.07) is 0. The summed E-state index contributed by atoms with van der Waals surface area (Å²) in [4.78, 5) is 6.02. The van der Waals surface area contributed by atoms with Crippen molar-refractivity contribution < 1.29 is 0 Å². The molecule has 0 aliphatic rings. The molecular formula is C21H36N2S2Sn. The summed E-state index contributed by atoms with van der Waals surface area (Å²) in [5, 5.41) is 1.83. The normalized spacial score (nSPS) is 12.5. The molecule has 2 radical (unpaired) electrons. The van der Waals surface area contributed by atoms with Crippen molar-refractivity contribution in [2.75, 3.05) is 0 Å². The van der Waals surface area contributed by atoms with E-state index in [1.54, 1.807) is 2.89 Å². The van der Waals surface area contributed by atoms with E-state index < -0.39 is 21.1 Å². The van der Waals surface area contributed by atoms with Crippen molar-refractivity contribution in [1.29, 1.82) is 0 Å². The second-order valence-electron chi connectivity index (χ2n) is 7.74. The number of hydrogen-bond acceptors (Lipinski definition) is 3. The monoisotopic (exact) mass is 500 g/mol. The van der Waals surface area contributed by atoms with Crippen LogP contribution < -0.4 is 2.89 Å². The summed E-state index contributed by atoms with van der Waals surface area (Å²) >= 11 is 3.34. The Kier molecular flexibility index (Phi) is 9.87. The van der Waals surface area contributed by atoms with Crippen molar-refractivity contribution in [2.24, 2.45) is 0 Å². The van der Waals surface area contributed by atoms with Crippen LogP contribution in [0.3, 0.4) is 0 Å². The number of nitrogens with zero attached hydrogens (tertiary/aromatic N) is 2. The molecule has 0 saturated carbocycles. The van der Waals surface area contributed by atoms with Gasteiger partial charge < -0.3 is 0 Å². The molecule has 0 aromatic carbocycles. The van der Waals surface area contributed by atoms with E-state index in [-0.39, 0.29) is 0 Å². The van der Waals surface area contributed by atoms with Crippen molar-refractivity contribution in [1.82, 2.24) is 9.38 Å². The Hall–Kier alpha value is 0.319. The third-order valence-corrected chi connectivity index (χ3v) is 13.3. The van der Waals surface area contributed by atoms with Crippen LogP contribution in [0.2, 0.25) is 3.43 Å². The summed E-state index contributed by atoms with van der Waals surface area (Å²) in [5.74, 6) is 0. The van der Waals surface area contributed by atoms with E-state index in [0.717, 1.165) is 0 Å². The summed E-state index contributed by atoms with van der Waals surface area (Å²) in [7, 11) is 0. The van der Waals surface area contributed by atoms with Crippen LogP contribution in [0.15, 0.2) is 17.6 Å². The van der Waals surface area contributed by atoms with E-state index >= 15 is 0 Å². The predicted molar refractivity (Wildman–Crippen MR) is 121 cm³/mol. The van der Waals surface area contributed by atoms with Crippen LogP contribution in [0, 0.1) is 0 Å². The predicted octanol–water partition coefficient (Wildman–Crippen LogP) is 6.96. The van der Waals surface area contributed by atoms with Gasteiger partial charge in [0.2, 0.25) is 0 Å². The molecule has 0 fully saturated rings. The molecular weight excluding hydrogens is 463 g/mol. The Balaban J connectivity index is 2.24. The number of aromatic nitrogens is 2. The molecule has 0 bridgehead atoms. The van der Waals surface area contributed by atoms with Gasteiger partial charge in [0, 0.05) is 0 Å². The van der Waals surface area contributed by atoms with Gasteiger partial charge in [-0.25, -0.2) is 0 Å². The number of hydrogen-bond donors (Lipinski definition) is 0. The van der Waals surface area contributed by atoms with Gasteiger partial charge in [0.25, 0.3) is 0 Å². The second kappa shape index (κ2) is 11.4. The first-order valence-corrected chi connectivity index (χ1v) is 15.0. The van der Waals surface area contributed by atoms with Gasteiger partial charge in [-0.15, -0.1) is 0 Å². The Labute approximate surface area is 179 Å². The molecule has 5 heteroatoms. The zero-order chi connectivity index (χ0) is 19.0. The summed E-state index contributed by atoms with van der Waals surface area (Å²) in [6.07, 6.45) is 17.1. The Morgan fingerprint density at radius 2 is 1.65 bits per heavy atom. The molecule has 2 nitrogen and oxygen atoms in total. The Morgan fingerprint density at radius 1 is 1.08 bits per heavy atom. The standard InChI is InChI=1S/C13H27.C8H9N2S2.Sn/c1-4-7-10-13(11-8-5-2)12-9-6-3;1-6(2)12-7-8-10(5-9-7)3-4-11-8;/h4-12H2,1-3H3;3,5-6H,1-2H3;. The molecule has 2 aromatic heterocycles. The molecule has 0 atom stereocenters. The van der Waals surface area contributed by atoms with Gasteiger partial charge in [-0.3, -0.25) is 0 Å². The Bertz CT molecular complexity index is 626. The molecule has 0 amide bonds. The first-order chi connectivity index (χ1) is 12.5. The number of fused-ring (bicyclic) bond motifs is 1. The molecule has 2 heterocycles. The van der Waals surface area contributed by atoms with Crippen LogP contribution in [0.5, 0.6) is 0 Å². The summed E-state index contributed by atoms with van der Waals surface area (Å²) in [6.45, 7) is 11.6. The number of imidazole rings is 1. The third kappa shape index (κ3) is 6.44. The van der Waals surface area contributed by atoms with E-state index in [1.165, 1.54) is 67.6 Å². The molecule has 0 aliphatic heterocycles. The van der Waals surface area contributed by atoms with Gasteiger partial charge in [0.05, 0.1) is 0 Å². The molecule has 0 N–H and O–H groups in total. The Morgan fingerprint density at radius 3 is 2.15 bits per heavy atom. The first kappa shape index (κ1) is 22.6. The van der Waals surface area contributed by atoms with Gasteiger partial charge in [0.15, 0.2) is 0 Å². The van der Waals surface area contributed by atoms with Crippen molar-refractivity contribution in [3.63, 3.8) is 0 Å². The molecule has 26 heavy (non-hydrogen) atoms. The van der Waals surface area contributed by atoms with Crippen LogP contribution >= 0.6 is 23.1 Å². The fourth-order valence-corrected chi connectivity index (χ4v) is 12.7. The number of rotatable bonds is 13. The van der Waals surface area contributed by atoms with E-state index in [0.29, 0.717) is 8.68 Å². The van der Waals surface area contributed by atoms with E-state index in [2.05, 4.69) is 61.5 Å². The van der Waals surface area contributed by atoms with Crippen molar-refractivity contribution in [3.05, 3.63) is 12.5 Å². The van der Waals surface area contributed by atoms with Crippen LogP contribution in [0.4, 0.5) is 0 Å². The number of thioether (sulfide) groups is 1. The van der Waals surface area contributed by atoms with E-state index in [1.807, 2.05) is 18.1 Å². The quantitative estimate of drug-likeness (QED) is 0.219. The topological polar surface area (TPSA) is 17.3 Å². The average molecular weight is 499 g/mol. The van der Waals surface area contributed by atoms with Crippen LogP contribution in [0.25, 0.3) is 4.83 Å².